The van der Waals surface area contributed by atoms with E-state index in [0.29, 0.717) is 5.69 Å². The molecule has 0 aromatic heterocycles. The number of aryl methyl sites for hydroxylation is 1. The average molecular weight is 266 g/mol. The summed E-state index contributed by atoms with van der Waals surface area (Å²) in [5, 5.41) is -0.476. The highest BCUT2D eigenvalue weighted by molar-refractivity contribution is 7.93. The van der Waals surface area contributed by atoms with Crippen molar-refractivity contribution in [2.75, 3.05) is 11.3 Å². The van der Waals surface area contributed by atoms with Gasteiger partial charge in [0.05, 0.1) is 17.5 Å². The summed E-state index contributed by atoms with van der Waals surface area (Å²) in [5.41, 5.74) is 7.47. The van der Waals surface area contributed by atoms with Gasteiger partial charge in [0.15, 0.2) is 0 Å². The first-order chi connectivity index (χ1) is 8.36. The molecule has 4 nitrogen and oxygen atoms in total. The Morgan fingerprint density at radius 3 is 2.61 bits per heavy atom. The van der Waals surface area contributed by atoms with Crippen LogP contribution in [-0.4, -0.2) is 20.2 Å². The first kappa shape index (κ1) is 14.6. The van der Waals surface area contributed by atoms with Gasteiger partial charge in [0.1, 0.15) is 0 Å². The van der Waals surface area contributed by atoms with Crippen molar-refractivity contribution in [3.05, 3.63) is 29.3 Å². The fourth-order valence-corrected chi connectivity index (χ4v) is 2.00. The van der Waals surface area contributed by atoms with Crippen molar-refractivity contribution in [3.8, 4) is 11.8 Å². The average Bonchev–Trinajstić information content (AvgIpc) is 2.29. The van der Waals surface area contributed by atoms with Crippen LogP contribution >= 0.6 is 0 Å². The van der Waals surface area contributed by atoms with Gasteiger partial charge in [-0.15, -0.1) is 0 Å². The molecule has 5 heteroatoms. The van der Waals surface area contributed by atoms with Crippen LogP contribution < -0.4 is 10.5 Å². The lowest BCUT2D eigenvalue weighted by atomic mass is 10.1. The minimum atomic E-state index is -3.33. The zero-order valence-electron chi connectivity index (χ0n) is 10.8. The normalized spacial score (nSPS) is 10.9. The minimum Gasteiger partial charge on any atom is -0.320 e. The Hall–Kier alpha value is -1.51. The molecule has 0 amide bonds. The Morgan fingerprint density at radius 2 is 2.06 bits per heavy atom. The fraction of sp³-hybridized carbons (Fsp3) is 0.385. The van der Waals surface area contributed by atoms with Crippen LogP contribution in [-0.2, 0) is 10.0 Å². The Bertz CT molecular complexity index is 581. The Labute approximate surface area is 109 Å². The van der Waals surface area contributed by atoms with Crippen LogP contribution in [0.3, 0.4) is 0 Å². The molecule has 0 fully saturated rings. The van der Waals surface area contributed by atoms with Gasteiger partial charge in [0.25, 0.3) is 0 Å². The lowest BCUT2D eigenvalue weighted by Gasteiger charge is -2.13. The number of hydrogen-bond acceptors (Lipinski definition) is 3. The quantitative estimate of drug-likeness (QED) is 0.813. The molecule has 0 saturated heterocycles. The first-order valence-corrected chi connectivity index (χ1v) is 7.22. The van der Waals surface area contributed by atoms with Crippen LogP contribution in [0.5, 0.6) is 0 Å². The van der Waals surface area contributed by atoms with Gasteiger partial charge in [-0.3, -0.25) is 4.72 Å². The van der Waals surface area contributed by atoms with Gasteiger partial charge in [-0.2, -0.15) is 0 Å². The van der Waals surface area contributed by atoms with Crippen molar-refractivity contribution in [2.45, 2.75) is 26.0 Å². The van der Waals surface area contributed by atoms with Crippen LogP contribution in [0.25, 0.3) is 0 Å². The summed E-state index contributed by atoms with van der Waals surface area (Å²) >= 11 is 0. The predicted molar refractivity (Wildman–Crippen MR) is 74.8 cm³/mol. The van der Waals surface area contributed by atoms with Crippen LogP contribution in [0.2, 0.25) is 0 Å². The molecule has 1 aromatic carbocycles. The zero-order valence-corrected chi connectivity index (χ0v) is 11.6. The molecule has 0 unspecified atom stereocenters. The van der Waals surface area contributed by atoms with E-state index < -0.39 is 15.3 Å². The standard InChI is InChI=1S/C13H18N2O2S/c1-10(2)18(16,17)15-13-9-12(5-4-8-14)7-6-11(13)3/h6-7,9-10,15H,8,14H2,1-3H3. The fourth-order valence-electron chi connectivity index (χ4n) is 1.23. The van der Waals surface area contributed by atoms with Crippen LogP contribution in [0.1, 0.15) is 25.0 Å². The second kappa shape index (κ2) is 5.89. The predicted octanol–water partition coefficient (Wildman–Crippen LogP) is 1.46. The lowest BCUT2D eigenvalue weighted by molar-refractivity contribution is 0.592. The van der Waals surface area contributed by atoms with E-state index in [0.717, 1.165) is 11.1 Å². The van der Waals surface area contributed by atoms with Gasteiger partial charge in [0.2, 0.25) is 10.0 Å². The smallest absolute Gasteiger partial charge is 0.235 e. The molecule has 1 aromatic rings. The molecule has 0 aliphatic carbocycles. The highest BCUT2D eigenvalue weighted by Crippen LogP contribution is 2.19. The maximum Gasteiger partial charge on any atom is 0.235 e. The van der Waals surface area contributed by atoms with Crippen molar-refractivity contribution in [3.63, 3.8) is 0 Å². The molecule has 0 radical (unpaired) electrons. The van der Waals surface area contributed by atoms with Gasteiger partial charge < -0.3 is 5.73 Å². The van der Waals surface area contributed by atoms with E-state index in [1.54, 1.807) is 19.9 Å². The summed E-state index contributed by atoms with van der Waals surface area (Å²) in [5.74, 6) is 5.61. The van der Waals surface area contributed by atoms with Crippen molar-refractivity contribution >= 4 is 15.7 Å². The van der Waals surface area contributed by atoms with Crippen molar-refractivity contribution in [1.29, 1.82) is 0 Å². The van der Waals surface area contributed by atoms with Gasteiger partial charge >= 0.3 is 0 Å². The van der Waals surface area contributed by atoms with Crippen molar-refractivity contribution in [2.24, 2.45) is 5.73 Å². The number of rotatable bonds is 3. The number of nitrogens with one attached hydrogen (secondary N) is 1. The van der Waals surface area contributed by atoms with Crippen LogP contribution in [0.4, 0.5) is 5.69 Å². The molecule has 3 N–H and O–H groups in total. The summed E-state index contributed by atoms with van der Waals surface area (Å²) in [6.07, 6.45) is 0. The van der Waals surface area contributed by atoms with E-state index in [1.165, 1.54) is 0 Å². The molecule has 0 aliphatic heterocycles. The van der Waals surface area contributed by atoms with Crippen LogP contribution in [0.15, 0.2) is 18.2 Å². The van der Waals surface area contributed by atoms with E-state index in [2.05, 4.69) is 16.6 Å². The molecule has 0 heterocycles. The van der Waals surface area contributed by atoms with Gasteiger partial charge in [0, 0.05) is 5.56 Å². The highest BCUT2D eigenvalue weighted by Gasteiger charge is 2.16. The van der Waals surface area contributed by atoms with Crippen molar-refractivity contribution in [1.82, 2.24) is 0 Å². The summed E-state index contributed by atoms with van der Waals surface area (Å²) < 4.78 is 26.2. The second-order valence-electron chi connectivity index (χ2n) is 4.23. The highest BCUT2D eigenvalue weighted by atomic mass is 32.2. The maximum absolute atomic E-state index is 11.8. The second-order valence-corrected chi connectivity index (χ2v) is 6.47. The number of sulfonamides is 1. The van der Waals surface area contributed by atoms with E-state index in [-0.39, 0.29) is 6.54 Å². The maximum atomic E-state index is 11.8. The summed E-state index contributed by atoms with van der Waals surface area (Å²) in [6.45, 7) is 5.39. The molecule has 98 valence electrons. The summed E-state index contributed by atoms with van der Waals surface area (Å²) in [7, 11) is -3.33. The molecule has 0 saturated carbocycles. The third-order valence-electron chi connectivity index (χ3n) is 2.45. The monoisotopic (exact) mass is 266 g/mol. The molecule has 0 bridgehead atoms. The van der Waals surface area contributed by atoms with E-state index >= 15 is 0 Å². The van der Waals surface area contributed by atoms with Gasteiger partial charge in [-0.25, -0.2) is 8.42 Å². The third-order valence-corrected chi connectivity index (χ3v) is 4.19. The van der Waals surface area contributed by atoms with E-state index in [9.17, 15) is 8.42 Å². The molecule has 18 heavy (non-hydrogen) atoms. The number of hydrogen-bond donors (Lipinski definition) is 2. The van der Waals surface area contributed by atoms with E-state index in [1.807, 2.05) is 19.1 Å². The summed E-state index contributed by atoms with van der Waals surface area (Å²) in [4.78, 5) is 0. The molecule has 0 atom stereocenters. The number of nitrogens with two attached hydrogens (primary N) is 1. The van der Waals surface area contributed by atoms with Crippen molar-refractivity contribution < 1.29 is 8.42 Å². The molecular weight excluding hydrogens is 248 g/mol. The molecule has 0 spiro atoms. The van der Waals surface area contributed by atoms with Gasteiger partial charge in [-0.05, 0) is 38.5 Å². The van der Waals surface area contributed by atoms with Gasteiger partial charge in [-0.1, -0.05) is 17.9 Å². The molecular formula is C13H18N2O2S. The van der Waals surface area contributed by atoms with Crippen LogP contribution in [0, 0.1) is 18.8 Å². The number of benzene rings is 1. The lowest BCUT2D eigenvalue weighted by Crippen LogP contribution is -2.22. The first-order valence-electron chi connectivity index (χ1n) is 5.68. The largest absolute Gasteiger partial charge is 0.320 e. The third kappa shape index (κ3) is 3.76. The Kier molecular flexibility index (Phi) is 4.76. The topological polar surface area (TPSA) is 72.2 Å². The molecule has 1 rings (SSSR count). The minimum absolute atomic E-state index is 0.279. The van der Waals surface area contributed by atoms with E-state index in [4.69, 9.17) is 5.73 Å². The Morgan fingerprint density at radius 1 is 1.39 bits per heavy atom. The summed E-state index contributed by atoms with van der Waals surface area (Å²) in [6, 6.07) is 5.39. The molecule has 0 aliphatic rings. The number of anilines is 1. The Balaban J connectivity index is 3.09. The SMILES string of the molecule is Cc1ccc(C#CCN)cc1NS(=O)(=O)C(C)C. The zero-order chi connectivity index (χ0) is 13.8.